The number of nitrogens with zero attached hydrogens (tertiary/aromatic N) is 1. The molecule has 0 radical (unpaired) electrons. The van der Waals surface area contributed by atoms with Gasteiger partial charge in [-0.25, -0.2) is 0 Å². The number of nitrogens with one attached hydrogen (secondary N) is 1. The van der Waals surface area contributed by atoms with Crippen molar-refractivity contribution in [2.75, 3.05) is 25.5 Å². The number of amides is 1. The zero-order chi connectivity index (χ0) is 14.5. The van der Waals surface area contributed by atoms with Gasteiger partial charge in [-0.15, -0.1) is 0 Å². The lowest BCUT2D eigenvalue weighted by molar-refractivity contribution is 0.0924. The molecule has 1 aliphatic rings. The van der Waals surface area contributed by atoms with Gasteiger partial charge in [0, 0.05) is 37.9 Å². The van der Waals surface area contributed by atoms with Crippen molar-refractivity contribution in [3.05, 3.63) is 29.8 Å². The summed E-state index contributed by atoms with van der Waals surface area (Å²) < 4.78 is 0. The summed E-state index contributed by atoms with van der Waals surface area (Å²) in [6.07, 6.45) is 4.88. The van der Waals surface area contributed by atoms with Crippen LogP contribution >= 0.6 is 0 Å². The lowest BCUT2D eigenvalue weighted by Crippen LogP contribution is -2.44. The molecule has 0 saturated heterocycles. The molecular formula is C16H25N3O. The number of carbonyl (C=O) groups is 1. The number of rotatable bonds is 5. The van der Waals surface area contributed by atoms with E-state index in [1.807, 2.05) is 43.3 Å². The molecule has 1 unspecified atom stereocenters. The number of carbonyl (C=O) groups excluding carboxylic acids is 1. The van der Waals surface area contributed by atoms with Crippen molar-refractivity contribution >= 4 is 11.6 Å². The van der Waals surface area contributed by atoms with E-state index in [1.54, 1.807) is 0 Å². The minimum Gasteiger partial charge on any atom is -0.378 e. The molecule has 4 nitrogen and oxygen atoms in total. The Hall–Kier alpha value is -1.55. The van der Waals surface area contributed by atoms with E-state index in [-0.39, 0.29) is 11.9 Å². The molecule has 0 spiro atoms. The van der Waals surface area contributed by atoms with Gasteiger partial charge in [-0.05, 0) is 43.0 Å². The molecular weight excluding hydrogens is 250 g/mol. The number of benzene rings is 1. The molecule has 1 amide bonds. The Morgan fingerprint density at radius 3 is 2.40 bits per heavy atom. The maximum Gasteiger partial charge on any atom is 0.251 e. The normalized spacial score (nSPS) is 16.9. The Bertz CT molecular complexity index is 436. The molecule has 1 aromatic rings. The van der Waals surface area contributed by atoms with Crippen molar-refractivity contribution in [1.29, 1.82) is 0 Å². The molecule has 1 atom stereocenters. The van der Waals surface area contributed by atoms with Gasteiger partial charge in [-0.3, -0.25) is 4.79 Å². The van der Waals surface area contributed by atoms with Crippen LogP contribution in [0, 0.1) is 5.92 Å². The van der Waals surface area contributed by atoms with Crippen LogP contribution in [0.15, 0.2) is 24.3 Å². The summed E-state index contributed by atoms with van der Waals surface area (Å²) in [5, 5.41) is 3.10. The molecule has 110 valence electrons. The standard InChI is InChI=1S/C16H25N3O/c1-19(2)14-9-7-13(8-10-14)16(20)18-15(11-17)12-5-3-4-6-12/h7-10,12,15H,3-6,11,17H2,1-2H3,(H,18,20). The van der Waals surface area contributed by atoms with E-state index in [0.717, 1.165) is 5.69 Å². The van der Waals surface area contributed by atoms with E-state index in [2.05, 4.69) is 5.32 Å². The first kappa shape index (κ1) is 14.9. The lowest BCUT2D eigenvalue weighted by atomic mass is 9.98. The molecule has 1 saturated carbocycles. The van der Waals surface area contributed by atoms with Crippen molar-refractivity contribution in [3.8, 4) is 0 Å². The smallest absolute Gasteiger partial charge is 0.251 e. The first-order valence-corrected chi connectivity index (χ1v) is 7.40. The van der Waals surface area contributed by atoms with Crippen molar-refractivity contribution in [2.45, 2.75) is 31.7 Å². The summed E-state index contributed by atoms with van der Waals surface area (Å²) in [6.45, 7) is 0.520. The second-order valence-corrected chi connectivity index (χ2v) is 5.80. The third-order valence-electron chi connectivity index (χ3n) is 4.19. The Labute approximate surface area is 121 Å². The van der Waals surface area contributed by atoms with Crippen molar-refractivity contribution < 1.29 is 4.79 Å². The highest BCUT2D eigenvalue weighted by Gasteiger charge is 2.25. The monoisotopic (exact) mass is 275 g/mol. The third kappa shape index (κ3) is 3.51. The molecule has 20 heavy (non-hydrogen) atoms. The van der Waals surface area contributed by atoms with Crippen molar-refractivity contribution in [3.63, 3.8) is 0 Å². The van der Waals surface area contributed by atoms with Gasteiger partial charge in [0.1, 0.15) is 0 Å². The third-order valence-corrected chi connectivity index (χ3v) is 4.19. The fourth-order valence-corrected chi connectivity index (χ4v) is 2.89. The average Bonchev–Trinajstić information content (AvgIpc) is 2.98. The largest absolute Gasteiger partial charge is 0.378 e. The predicted octanol–water partition coefficient (Wildman–Crippen LogP) is 2.00. The summed E-state index contributed by atoms with van der Waals surface area (Å²) in [5.41, 5.74) is 7.61. The summed E-state index contributed by atoms with van der Waals surface area (Å²) >= 11 is 0. The zero-order valence-corrected chi connectivity index (χ0v) is 12.4. The molecule has 0 bridgehead atoms. The molecule has 1 aliphatic carbocycles. The van der Waals surface area contributed by atoms with E-state index in [9.17, 15) is 4.79 Å². The highest BCUT2D eigenvalue weighted by molar-refractivity contribution is 5.94. The quantitative estimate of drug-likeness (QED) is 0.864. The van der Waals surface area contributed by atoms with Crippen LogP contribution in [0.4, 0.5) is 5.69 Å². The molecule has 4 heteroatoms. The zero-order valence-electron chi connectivity index (χ0n) is 12.4. The van der Waals surface area contributed by atoms with Crippen LogP contribution in [0.2, 0.25) is 0 Å². The fourth-order valence-electron chi connectivity index (χ4n) is 2.89. The van der Waals surface area contributed by atoms with Crippen LogP contribution in [-0.4, -0.2) is 32.6 Å². The molecule has 0 aliphatic heterocycles. The molecule has 1 aromatic carbocycles. The van der Waals surface area contributed by atoms with Crippen LogP contribution in [0.5, 0.6) is 0 Å². The van der Waals surface area contributed by atoms with E-state index in [4.69, 9.17) is 5.73 Å². The Morgan fingerprint density at radius 1 is 1.30 bits per heavy atom. The van der Waals surface area contributed by atoms with Gasteiger partial charge >= 0.3 is 0 Å². The van der Waals surface area contributed by atoms with Crippen LogP contribution < -0.4 is 16.0 Å². The van der Waals surface area contributed by atoms with Crippen LogP contribution in [0.1, 0.15) is 36.0 Å². The van der Waals surface area contributed by atoms with E-state index in [1.165, 1.54) is 25.7 Å². The van der Waals surface area contributed by atoms with Gasteiger partial charge in [-0.1, -0.05) is 12.8 Å². The molecule has 2 rings (SSSR count). The number of hydrogen-bond acceptors (Lipinski definition) is 3. The number of hydrogen-bond donors (Lipinski definition) is 2. The van der Waals surface area contributed by atoms with E-state index < -0.39 is 0 Å². The molecule has 0 heterocycles. The molecule has 0 aromatic heterocycles. The maximum absolute atomic E-state index is 12.3. The second-order valence-electron chi connectivity index (χ2n) is 5.80. The minimum atomic E-state index is -0.0161. The highest BCUT2D eigenvalue weighted by atomic mass is 16.1. The number of nitrogens with two attached hydrogens (primary N) is 1. The minimum absolute atomic E-state index is 0.0161. The predicted molar refractivity (Wildman–Crippen MR) is 83.0 cm³/mol. The van der Waals surface area contributed by atoms with Gasteiger partial charge < -0.3 is 16.0 Å². The van der Waals surface area contributed by atoms with Crippen molar-refractivity contribution in [1.82, 2.24) is 5.32 Å². The summed E-state index contributed by atoms with van der Waals surface area (Å²) in [6, 6.07) is 7.77. The SMILES string of the molecule is CN(C)c1ccc(C(=O)NC(CN)C2CCCC2)cc1. The Balaban J connectivity index is 1.99. The topological polar surface area (TPSA) is 58.4 Å². The van der Waals surface area contributed by atoms with Gasteiger partial charge in [-0.2, -0.15) is 0 Å². The molecule has 1 fully saturated rings. The summed E-state index contributed by atoms with van der Waals surface area (Å²) in [7, 11) is 3.97. The maximum atomic E-state index is 12.3. The average molecular weight is 275 g/mol. The Kier molecular flexibility index (Phi) is 5.01. The van der Waals surface area contributed by atoms with Crippen LogP contribution in [0.3, 0.4) is 0 Å². The summed E-state index contributed by atoms with van der Waals surface area (Å²) in [5.74, 6) is 0.530. The molecule has 3 N–H and O–H groups in total. The van der Waals surface area contributed by atoms with Gasteiger partial charge in [0.25, 0.3) is 5.91 Å². The van der Waals surface area contributed by atoms with Gasteiger partial charge in [0.15, 0.2) is 0 Å². The van der Waals surface area contributed by atoms with Crippen molar-refractivity contribution in [2.24, 2.45) is 11.7 Å². The van der Waals surface area contributed by atoms with Crippen LogP contribution in [-0.2, 0) is 0 Å². The Morgan fingerprint density at radius 2 is 1.90 bits per heavy atom. The van der Waals surface area contributed by atoms with E-state index in [0.29, 0.717) is 18.0 Å². The number of anilines is 1. The second kappa shape index (κ2) is 6.75. The van der Waals surface area contributed by atoms with Crippen LogP contribution in [0.25, 0.3) is 0 Å². The lowest BCUT2D eigenvalue weighted by Gasteiger charge is -2.23. The highest BCUT2D eigenvalue weighted by Crippen LogP contribution is 2.27. The first-order chi connectivity index (χ1) is 9.61. The fraction of sp³-hybridized carbons (Fsp3) is 0.562. The van der Waals surface area contributed by atoms with Gasteiger partial charge in [0.05, 0.1) is 0 Å². The van der Waals surface area contributed by atoms with E-state index >= 15 is 0 Å². The van der Waals surface area contributed by atoms with Gasteiger partial charge in [0.2, 0.25) is 0 Å². The first-order valence-electron chi connectivity index (χ1n) is 7.40. The summed E-state index contributed by atoms with van der Waals surface area (Å²) in [4.78, 5) is 14.3.